The second kappa shape index (κ2) is 7.27. The molecule has 18 heavy (non-hydrogen) atoms. The van der Waals surface area contributed by atoms with Crippen LogP contribution >= 0.6 is 0 Å². The first kappa shape index (κ1) is 14.0. The van der Waals surface area contributed by atoms with Crippen LogP contribution in [0.5, 0.6) is 0 Å². The highest BCUT2D eigenvalue weighted by Crippen LogP contribution is 2.07. The molecule has 4 nitrogen and oxygen atoms in total. The summed E-state index contributed by atoms with van der Waals surface area (Å²) in [4.78, 5) is 22.2. The van der Waals surface area contributed by atoms with Gasteiger partial charge >= 0.3 is 5.97 Å². The van der Waals surface area contributed by atoms with Gasteiger partial charge in [0.05, 0.1) is 0 Å². The topological polar surface area (TPSA) is 66.4 Å². The lowest BCUT2D eigenvalue weighted by Crippen LogP contribution is -2.24. The fraction of sp³-hybridized carbons (Fsp3) is 0.286. The van der Waals surface area contributed by atoms with Gasteiger partial charge in [0.2, 0.25) is 0 Å². The Balaban J connectivity index is 2.69. The Labute approximate surface area is 106 Å². The van der Waals surface area contributed by atoms with Gasteiger partial charge in [0.15, 0.2) is 0 Å². The molecule has 1 rings (SSSR count). The van der Waals surface area contributed by atoms with Gasteiger partial charge in [0.25, 0.3) is 5.91 Å². The number of amides is 1. The molecule has 0 spiro atoms. The molecule has 0 aliphatic carbocycles. The van der Waals surface area contributed by atoms with Crippen molar-refractivity contribution in [3.05, 3.63) is 41.5 Å². The summed E-state index contributed by atoms with van der Waals surface area (Å²) >= 11 is 0. The molecule has 0 bridgehead atoms. The monoisotopic (exact) mass is 247 g/mol. The van der Waals surface area contributed by atoms with Crippen LogP contribution in [-0.4, -0.2) is 23.5 Å². The molecule has 0 saturated carbocycles. The number of carboxylic acid groups (broad SMARTS) is 1. The quantitative estimate of drug-likeness (QED) is 0.599. The summed E-state index contributed by atoms with van der Waals surface area (Å²) in [6.07, 6.45) is 4.49. The van der Waals surface area contributed by atoms with Crippen molar-refractivity contribution in [1.82, 2.24) is 5.32 Å². The van der Waals surface area contributed by atoms with E-state index in [1.807, 2.05) is 0 Å². The number of hydrogen-bond acceptors (Lipinski definition) is 2. The zero-order valence-corrected chi connectivity index (χ0v) is 10.3. The number of rotatable bonds is 6. The molecule has 0 aromatic heterocycles. The maximum Gasteiger partial charge on any atom is 0.328 e. The molecule has 0 atom stereocenters. The Hall–Kier alpha value is -2.10. The molecule has 0 saturated heterocycles. The fourth-order valence-electron chi connectivity index (χ4n) is 1.43. The van der Waals surface area contributed by atoms with Crippen molar-refractivity contribution in [3.8, 4) is 0 Å². The largest absolute Gasteiger partial charge is 0.478 e. The number of benzene rings is 1. The summed E-state index contributed by atoms with van der Waals surface area (Å²) in [6, 6.07) is 6.86. The van der Waals surface area contributed by atoms with E-state index in [0.29, 0.717) is 17.7 Å². The van der Waals surface area contributed by atoms with E-state index in [4.69, 9.17) is 5.11 Å². The fourth-order valence-corrected chi connectivity index (χ4v) is 1.43. The number of carbonyl (C=O) groups is 2. The van der Waals surface area contributed by atoms with E-state index in [-0.39, 0.29) is 5.91 Å². The van der Waals surface area contributed by atoms with Crippen LogP contribution in [-0.2, 0) is 4.79 Å². The molecule has 0 unspecified atom stereocenters. The van der Waals surface area contributed by atoms with Crippen LogP contribution in [0, 0.1) is 0 Å². The van der Waals surface area contributed by atoms with Crippen LogP contribution in [0.2, 0.25) is 0 Å². The predicted molar refractivity (Wildman–Crippen MR) is 70.4 cm³/mol. The highest BCUT2D eigenvalue weighted by Gasteiger charge is 2.04. The molecule has 2 N–H and O–H groups in total. The number of hydrogen-bond donors (Lipinski definition) is 2. The van der Waals surface area contributed by atoms with Crippen LogP contribution in [0.15, 0.2) is 30.3 Å². The van der Waals surface area contributed by atoms with Crippen LogP contribution in [0.1, 0.15) is 35.7 Å². The molecule has 0 heterocycles. The Morgan fingerprint density at radius 3 is 2.83 bits per heavy atom. The van der Waals surface area contributed by atoms with E-state index >= 15 is 0 Å². The average Bonchev–Trinajstić information content (AvgIpc) is 2.37. The molecule has 1 amide bonds. The normalized spacial score (nSPS) is 10.5. The third-order valence-electron chi connectivity index (χ3n) is 2.38. The zero-order valence-electron chi connectivity index (χ0n) is 10.3. The first-order chi connectivity index (χ1) is 8.63. The van der Waals surface area contributed by atoms with Crippen molar-refractivity contribution in [2.45, 2.75) is 19.8 Å². The maximum absolute atomic E-state index is 11.8. The van der Waals surface area contributed by atoms with Crippen molar-refractivity contribution >= 4 is 18.0 Å². The molecule has 0 radical (unpaired) electrons. The highest BCUT2D eigenvalue weighted by atomic mass is 16.4. The summed E-state index contributed by atoms with van der Waals surface area (Å²) < 4.78 is 0. The second-order valence-corrected chi connectivity index (χ2v) is 3.91. The van der Waals surface area contributed by atoms with E-state index in [1.54, 1.807) is 24.3 Å². The number of nitrogens with one attached hydrogen (secondary N) is 1. The van der Waals surface area contributed by atoms with Crippen LogP contribution in [0.3, 0.4) is 0 Å². The van der Waals surface area contributed by atoms with Gasteiger partial charge in [-0.05, 0) is 30.2 Å². The van der Waals surface area contributed by atoms with Crippen LogP contribution in [0.25, 0.3) is 6.08 Å². The average molecular weight is 247 g/mol. The van der Waals surface area contributed by atoms with Crippen molar-refractivity contribution in [2.24, 2.45) is 0 Å². The van der Waals surface area contributed by atoms with Gasteiger partial charge in [-0.15, -0.1) is 0 Å². The summed E-state index contributed by atoms with van der Waals surface area (Å²) in [5, 5.41) is 11.3. The molecule has 0 aliphatic heterocycles. The summed E-state index contributed by atoms with van der Waals surface area (Å²) in [6.45, 7) is 2.72. The number of unbranched alkanes of at least 4 members (excludes halogenated alkanes) is 1. The Bertz CT molecular complexity index is 452. The third kappa shape index (κ3) is 4.82. The van der Waals surface area contributed by atoms with E-state index in [0.717, 1.165) is 18.9 Å². The van der Waals surface area contributed by atoms with E-state index in [1.165, 1.54) is 6.08 Å². The van der Waals surface area contributed by atoms with Crippen LogP contribution in [0.4, 0.5) is 0 Å². The van der Waals surface area contributed by atoms with Gasteiger partial charge in [0, 0.05) is 18.2 Å². The van der Waals surface area contributed by atoms with Gasteiger partial charge in [-0.2, -0.15) is 0 Å². The molecule has 1 aromatic carbocycles. The van der Waals surface area contributed by atoms with E-state index < -0.39 is 5.97 Å². The summed E-state index contributed by atoms with van der Waals surface area (Å²) in [5.41, 5.74) is 1.24. The molecule has 96 valence electrons. The Kier molecular flexibility index (Phi) is 5.64. The van der Waals surface area contributed by atoms with Gasteiger partial charge < -0.3 is 10.4 Å². The van der Waals surface area contributed by atoms with Crippen LogP contribution < -0.4 is 5.32 Å². The maximum atomic E-state index is 11.8. The van der Waals surface area contributed by atoms with Gasteiger partial charge in [-0.3, -0.25) is 4.79 Å². The Morgan fingerprint density at radius 1 is 1.39 bits per heavy atom. The molecular weight excluding hydrogens is 230 g/mol. The summed E-state index contributed by atoms with van der Waals surface area (Å²) in [5.74, 6) is -1.14. The minimum Gasteiger partial charge on any atom is -0.478 e. The van der Waals surface area contributed by atoms with E-state index in [9.17, 15) is 9.59 Å². The first-order valence-electron chi connectivity index (χ1n) is 5.92. The van der Waals surface area contributed by atoms with Crippen molar-refractivity contribution in [1.29, 1.82) is 0 Å². The van der Waals surface area contributed by atoms with Crippen molar-refractivity contribution in [2.75, 3.05) is 6.54 Å². The molecular formula is C14H17NO3. The lowest BCUT2D eigenvalue weighted by Gasteiger charge is -2.04. The zero-order chi connectivity index (χ0) is 13.4. The first-order valence-corrected chi connectivity index (χ1v) is 5.92. The second-order valence-electron chi connectivity index (χ2n) is 3.91. The smallest absolute Gasteiger partial charge is 0.328 e. The predicted octanol–water partition coefficient (Wildman–Crippen LogP) is 2.31. The van der Waals surface area contributed by atoms with E-state index in [2.05, 4.69) is 12.2 Å². The number of carboxylic acids is 1. The molecule has 1 aromatic rings. The highest BCUT2D eigenvalue weighted by molar-refractivity contribution is 5.95. The molecule has 0 fully saturated rings. The lowest BCUT2D eigenvalue weighted by atomic mass is 10.1. The number of carbonyl (C=O) groups excluding carboxylic acids is 1. The van der Waals surface area contributed by atoms with Gasteiger partial charge in [-0.25, -0.2) is 4.79 Å². The standard InChI is InChI=1S/C14H17NO3/c1-2-3-9-15-14(18)12-6-4-5-11(10-12)7-8-13(16)17/h4-8,10H,2-3,9H2,1H3,(H,15,18)(H,16,17). The SMILES string of the molecule is CCCCNC(=O)c1cccc(C=CC(=O)O)c1. The minimum atomic E-state index is -1.01. The molecule has 4 heteroatoms. The summed E-state index contributed by atoms with van der Waals surface area (Å²) in [7, 11) is 0. The number of aliphatic carboxylic acids is 1. The van der Waals surface area contributed by atoms with Gasteiger partial charge in [0.1, 0.15) is 0 Å². The van der Waals surface area contributed by atoms with Crippen molar-refractivity contribution in [3.63, 3.8) is 0 Å². The van der Waals surface area contributed by atoms with Gasteiger partial charge in [-0.1, -0.05) is 25.5 Å². The van der Waals surface area contributed by atoms with Crippen molar-refractivity contribution < 1.29 is 14.7 Å². The minimum absolute atomic E-state index is 0.131. The Morgan fingerprint density at radius 2 is 2.17 bits per heavy atom. The lowest BCUT2D eigenvalue weighted by molar-refractivity contribution is -0.131. The third-order valence-corrected chi connectivity index (χ3v) is 2.38. The molecule has 0 aliphatic rings.